The minimum atomic E-state index is -0.740. The number of hydrogen-bond donors (Lipinski definition) is 0. The maximum atomic E-state index is 11.9. The first kappa shape index (κ1) is 13.7. The number of methoxy groups -OCH3 is 1. The summed E-state index contributed by atoms with van der Waals surface area (Å²) in [7, 11) is 1.20. The summed E-state index contributed by atoms with van der Waals surface area (Å²) in [6.07, 6.45) is 0.858. The Balaban J connectivity index is 1.97. The highest BCUT2D eigenvalue weighted by atomic mass is 16.6. The Morgan fingerprint density at radius 1 is 1.48 bits per heavy atom. The molecule has 1 aromatic heterocycles. The van der Waals surface area contributed by atoms with Crippen LogP contribution in [-0.2, 0) is 15.9 Å². The van der Waals surface area contributed by atoms with Crippen molar-refractivity contribution >= 4 is 12.1 Å². The molecule has 1 saturated heterocycles. The first-order chi connectivity index (χ1) is 10.1. The van der Waals surface area contributed by atoms with Gasteiger partial charge in [0.05, 0.1) is 19.8 Å². The Kier molecular flexibility index (Phi) is 3.19. The molecule has 0 radical (unpaired) electrons. The molecule has 2 bridgehead atoms. The maximum Gasteiger partial charge on any atom is 0.410 e. The molecule has 1 amide bonds. The Bertz CT molecular complexity index is 664. The molecule has 1 aliphatic carbocycles. The van der Waals surface area contributed by atoms with Gasteiger partial charge in [-0.1, -0.05) is 0 Å². The van der Waals surface area contributed by atoms with Crippen LogP contribution in [0.4, 0.5) is 4.79 Å². The van der Waals surface area contributed by atoms with Crippen LogP contribution in [0.1, 0.15) is 41.1 Å². The molecule has 2 atom stereocenters. The van der Waals surface area contributed by atoms with Gasteiger partial charge in [-0.2, -0.15) is 0 Å². The topological polar surface area (TPSA) is 86.0 Å². The zero-order chi connectivity index (χ0) is 15.1. The van der Waals surface area contributed by atoms with Gasteiger partial charge in [0.15, 0.2) is 0 Å². The summed E-state index contributed by atoms with van der Waals surface area (Å²) in [6, 6.07) is 1.26. The van der Waals surface area contributed by atoms with E-state index < -0.39 is 11.6 Å². The van der Waals surface area contributed by atoms with E-state index in [1.54, 1.807) is 11.8 Å². The van der Waals surface area contributed by atoms with Crippen molar-refractivity contribution in [1.29, 1.82) is 0 Å². The van der Waals surface area contributed by atoms with Gasteiger partial charge in [-0.3, -0.25) is 4.90 Å². The summed E-state index contributed by atoms with van der Waals surface area (Å²) in [5, 5.41) is 0. The van der Waals surface area contributed by atoms with Crippen LogP contribution in [0, 0.1) is 0 Å². The Morgan fingerprint density at radius 2 is 2.24 bits per heavy atom. The fourth-order valence-corrected chi connectivity index (χ4v) is 2.96. The first-order valence-corrected chi connectivity index (χ1v) is 6.77. The molecule has 4 rings (SSSR count). The molecule has 2 unspecified atom stereocenters. The zero-order valence-corrected chi connectivity index (χ0v) is 11.8. The van der Waals surface area contributed by atoms with Gasteiger partial charge in [-0.25, -0.2) is 14.4 Å². The van der Waals surface area contributed by atoms with Crippen LogP contribution >= 0.6 is 0 Å². The van der Waals surface area contributed by atoms with Gasteiger partial charge >= 0.3 is 17.7 Å². The van der Waals surface area contributed by atoms with E-state index in [-0.39, 0.29) is 23.7 Å². The molecule has 7 nitrogen and oxygen atoms in total. The predicted octanol–water partition coefficient (Wildman–Crippen LogP) is 1.25. The SMILES string of the molecule is CCOC(=O)N1C2Cc3oc(=O)c(C(=O)OC)cc3C1C2. The minimum absolute atomic E-state index is 0.00585. The molecule has 1 aromatic rings. The van der Waals surface area contributed by atoms with Gasteiger partial charge < -0.3 is 13.9 Å². The zero-order valence-electron chi connectivity index (χ0n) is 11.8. The standard InChI is InChI=1S/C14H15NO6/c1-3-20-14(18)15-7-4-10(15)8-6-9(12(16)19-2)13(17)21-11(8)5-7/h6-7,10H,3-5H2,1-2H3. The second-order valence-electron chi connectivity index (χ2n) is 5.03. The highest BCUT2D eigenvalue weighted by Gasteiger charge is 2.49. The molecule has 1 fully saturated rings. The largest absolute Gasteiger partial charge is 0.465 e. The molecule has 2 aliphatic heterocycles. The van der Waals surface area contributed by atoms with Crippen molar-refractivity contribution in [1.82, 2.24) is 4.90 Å². The molecule has 21 heavy (non-hydrogen) atoms. The molecule has 7 heteroatoms. The quantitative estimate of drug-likeness (QED) is 0.763. The van der Waals surface area contributed by atoms with E-state index in [0.29, 0.717) is 24.4 Å². The van der Waals surface area contributed by atoms with E-state index in [2.05, 4.69) is 4.74 Å². The summed E-state index contributed by atoms with van der Waals surface area (Å²) in [6.45, 7) is 2.05. The predicted molar refractivity (Wildman–Crippen MR) is 70.0 cm³/mol. The molecule has 0 spiro atoms. The molecule has 112 valence electrons. The second kappa shape index (κ2) is 4.91. The number of esters is 1. The third-order valence-corrected chi connectivity index (χ3v) is 3.95. The van der Waals surface area contributed by atoms with Crippen molar-refractivity contribution in [3.05, 3.63) is 33.4 Å². The summed E-state index contributed by atoms with van der Waals surface area (Å²) >= 11 is 0. The maximum absolute atomic E-state index is 11.9. The lowest BCUT2D eigenvalue weighted by molar-refractivity contribution is -0.00828. The summed E-state index contributed by atoms with van der Waals surface area (Å²) in [5.74, 6) is -0.204. The summed E-state index contributed by atoms with van der Waals surface area (Å²) < 4.78 is 14.8. The molecule has 0 N–H and O–H groups in total. The van der Waals surface area contributed by atoms with Gasteiger partial charge in [0.2, 0.25) is 0 Å². The highest BCUT2D eigenvalue weighted by molar-refractivity contribution is 5.89. The van der Waals surface area contributed by atoms with Gasteiger partial charge in [0, 0.05) is 18.0 Å². The van der Waals surface area contributed by atoms with Crippen molar-refractivity contribution in [2.24, 2.45) is 0 Å². The normalized spacial score (nSPS) is 22.1. The van der Waals surface area contributed by atoms with Crippen LogP contribution in [0.15, 0.2) is 15.3 Å². The average Bonchev–Trinajstić information content (AvgIpc) is 2.44. The smallest absolute Gasteiger partial charge is 0.410 e. The van der Waals surface area contributed by atoms with E-state index in [1.807, 2.05) is 0 Å². The minimum Gasteiger partial charge on any atom is -0.465 e. The lowest BCUT2D eigenvalue weighted by Crippen LogP contribution is -2.57. The van der Waals surface area contributed by atoms with Gasteiger partial charge in [-0.15, -0.1) is 0 Å². The number of amides is 1. The van der Waals surface area contributed by atoms with Gasteiger partial charge in [-0.05, 0) is 19.4 Å². The highest BCUT2D eigenvalue weighted by Crippen LogP contribution is 2.46. The van der Waals surface area contributed by atoms with Crippen LogP contribution < -0.4 is 5.63 Å². The van der Waals surface area contributed by atoms with Crippen LogP contribution in [0.3, 0.4) is 0 Å². The average molecular weight is 293 g/mol. The Morgan fingerprint density at radius 3 is 2.90 bits per heavy atom. The Labute approximate surface area is 120 Å². The van der Waals surface area contributed by atoms with E-state index >= 15 is 0 Å². The van der Waals surface area contributed by atoms with Crippen LogP contribution in [0.25, 0.3) is 0 Å². The molecule has 0 aromatic carbocycles. The van der Waals surface area contributed by atoms with E-state index in [9.17, 15) is 14.4 Å². The van der Waals surface area contributed by atoms with Gasteiger partial charge in [0.25, 0.3) is 0 Å². The number of carbonyl (C=O) groups is 2. The molecule has 3 aliphatic rings. The lowest BCUT2D eigenvalue weighted by Gasteiger charge is -2.51. The third-order valence-electron chi connectivity index (χ3n) is 3.95. The number of nitrogens with zero attached hydrogens (tertiary/aromatic N) is 1. The second-order valence-corrected chi connectivity index (χ2v) is 5.03. The molecular formula is C14H15NO6. The molecule has 3 heterocycles. The third kappa shape index (κ3) is 2.00. The number of ether oxygens (including phenoxy) is 2. The monoisotopic (exact) mass is 293 g/mol. The van der Waals surface area contributed by atoms with E-state index in [1.165, 1.54) is 13.2 Å². The lowest BCUT2D eigenvalue weighted by atomic mass is 9.78. The number of carbonyl (C=O) groups excluding carboxylic acids is 2. The fraction of sp³-hybridized carbons (Fsp3) is 0.500. The fourth-order valence-electron chi connectivity index (χ4n) is 2.96. The van der Waals surface area contributed by atoms with Gasteiger partial charge in [0.1, 0.15) is 11.3 Å². The van der Waals surface area contributed by atoms with Crippen molar-refractivity contribution in [3.63, 3.8) is 0 Å². The molecular weight excluding hydrogens is 278 g/mol. The van der Waals surface area contributed by atoms with Crippen LogP contribution in [-0.4, -0.2) is 36.7 Å². The van der Waals surface area contributed by atoms with Crippen molar-refractivity contribution in [2.45, 2.75) is 31.8 Å². The number of hydrogen-bond acceptors (Lipinski definition) is 6. The van der Waals surface area contributed by atoms with Crippen molar-refractivity contribution < 1.29 is 23.5 Å². The van der Waals surface area contributed by atoms with Crippen LogP contribution in [0.5, 0.6) is 0 Å². The van der Waals surface area contributed by atoms with E-state index in [4.69, 9.17) is 9.15 Å². The summed E-state index contributed by atoms with van der Waals surface area (Å²) in [5.41, 5.74) is -0.166. The number of rotatable bonds is 2. The van der Waals surface area contributed by atoms with E-state index in [0.717, 1.165) is 6.42 Å². The van der Waals surface area contributed by atoms with Crippen LogP contribution in [0.2, 0.25) is 0 Å². The Hall–Kier alpha value is -2.31. The van der Waals surface area contributed by atoms with Crippen molar-refractivity contribution in [2.75, 3.05) is 13.7 Å². The van der Waals surface area contributed by atoms with Crippen molar-refractivity contribution in [3.8, 4) is 0 Å². The first-order valence-electron chi connectivity index (χ1n) is 6.77. The summed E-state index contributed by atoms with van der Waals surface area (Å²) in [4.78, 5) is 36.9. The molecule has 0 saturated carbocycles.